The van der Waals surface area contributed by atoms with Gasteiger partial charge in [0.05, 0.1) is 10.5 Å². The molecule has 1 aliphatic rings. The van der Waals surface area contributed by atoms with E-state index in [0.717, 1.165) is 40.6 Å². The molecule has 4 rings (SSSR count). The number of halogens is 1. The lowest BCUT2D eigenvalue weighted by Gasteiger charge is -2.16. The minimum Gasteiger partial charge on any atom is -0.387 e. The molecule has 3 aromatic rings. The monoisotopic (exact) mass is 362 g/mol. The summed E-state index contributed by atoms with van der Waals surface area (Å²) in [5, 5.41) is 15.3. The highest BCUT2D eigenvalue weighted by atomic mass is 35.5. The van der Waals surface area contributed by atoms with Gasteiger partial charge in [-0.2, -0.15) is 0 Å². The van der Waals surface area contributed by atoms with E-state index in [9.17, 15) is 5.11 Å². The number of benzene rings is 2. The summed E-state index contributed by atoms with van der Waals surface area (Å²) in [4.78, 5) is 4.55. The Bertz CT molecular complexity index is 996. The summed E-state index contributed by atoms with van der Waals surface area (Å²) >= 11 is 6.69. The first-order valence-electron chi connectivity index (χ1n) is 8.61. The van der Waals surface area contributed by atoms with Crippen molar-refractivity contribution in [2.45, 2.75) is 12.5 Å². The standard InChI is InChI=1S/C22H19ClN2O/c23-21-18(12-15-4-2-1-3-5-15)14-25-20-7-6-17(13-19(20)21)22(26)16-8-10-24-11-9-16/h1-10,13-14,22,24,26H,11-12H2. The maximum atomic E-state index is 10.7. The van der Waals surface area contributed by atoms with E-state index in [0.29, 0.717) is 5.02 Å². The molecule has 0 radical (unpaired) electrons. The summed E-state index contributed by atoms with van der Waals surface area (Å²) in [5.74, 6) is 0. The summed E-state index contributed by atoms with van der Waals surface area (Å²) < 4.78 is 0. The third-order valence-corrected chi connectivity index (χ3v) is 5.06. The van der Waals surface area contributed by atoms with Crippen LogP contribution in [0.2, 0.25) is 5.02 Å². The SMILES string of the molecule is OC(C1=CCNC=C1)c1ccc2ncc(Cc3ccccc3)c(Cl)c2c1. The Kier molecular flexibility index (Phi) is 4.74. The van der Waals surface area contributed by atoms with Crippen molar-refractivity contribution in [3.8, 4) is 0 Å². The van der Waals surface area contributed by atoms with Crippen LogP contribution in [0.3, 0.4) is 0 Å². The molecule has 4 heteroatoms. The van der Waals surface area contributed by atoms with Gasteiger partial charge in [0.15, 0.2) is 0 Å². The molecule has 3 nitrogen and oxygen atoms in total. The van der Waals surface area contributed by atoms with Crippen LogP contribution in [0, 0.1) is 0 Å². The summed E-state index contributed by atoms with van der Waals surface area (Å²) in [6, 6.07) is 16.0. The Morgan fingerprint density at radius 1 is 1.15 bits per heavy atom. The predicted molar refractivity (Wildman–Crippen MR) is 106 cm³/mol. The third-order valence-electron chi connectivity index (χ3n) is 4.62. The smallest absolute Gasteiger partial charge is 0.104 e. The molecular formula is C22H19ClN2O. The van der Waals surface area contributed by atoms with Gasteiger partial charge in [0.2, 0.25) is 0 Å². The number of aromatic nitrogens is 1. The van der Waals surface area contributed by atoms with Crippen molar-refractivity contribution in [1.29, 1.82) is 0 Å². The number of hydrogen-bond donors (Lipinski definition) is 2. The first kappa shape index (κ1) is 16.8. The van der Waals surface area contributed by atoms with Gasteiger partial charge in [-0.05, 0) is 46.7 Å². The second kappa shape index (κ2) is 7.32. The van der Waals surface area contributed by atoms with Crippen LogP contribution >= 0.6 is 11.6 Å². The summed E-state index contributed by atoms with van der Waals surface area (Å²) in [5.41, 5.74) is 4.70. The highest BCUT2D eigenvalue weighted by Crippen LogP contribution is 2.31. The Hall–Kier alpha value is -2.62. The van der Waals surface area contributed by atoms with E-state index in [1.165, 1.54) is 5.56 Å². The molecule has 1 unspecified atom stereocenters. The van der Waals surface area contributed by atoms with Crippen LogP contribution in [0.15, 0.2) is 78.7 Å². The molecule has 130 valence electrons. The minimum absolute atomic E-state index is 0.674. The molecule has 0 saturated heterocycles. The molecule has 0 fully saturated rings. The van der Waals surface area contributed by atoms with Crippen LogP contribution in [-0.4, -0.2) is 16.6 Å². The van der Waals surface area contributed by atoms with E-state index in [2.05, 4.69) is 22.4 Å². The average molecular weight is 363 g/mol. The van der Waals surface area contributed by atoms with Crippen molar-refractivity contribution in [3.63, 3.8) is 0 Å². The number of dihydropyridines is 1. The van der Waals surface area contributed by atoms with E-state index < -0.39 is 6.10 Å². The fourth-order valence-electron chi connectivity index (χ4n) is 3.19. The van der Waals surface area contributed by atoms with Crippen molar-refractivity contribution in [2.75, 3.05) is 6.54 Å². The zero-order valence-electron chi connectivity index (χ0n) is 14.2. The lowest BCUT2D eigenvalue weighted by molar-refractivity contribution is 0.219. The van der Waals surface area contributed by atoms with Crippen molar-refractivity contribution < 1.29 is 5.11 Å². The molecule has 0 bridgehead atoms. The van der Waals surface area contributed by atoms with E-state index >= 15 is 0 Å². The van der Waals surface area contributed by atoms with Gasteiger partial charge in [0.25, 0.3) is 0 Å². The Balaban J connectivity index is 1.71. The second-order valence-corrected chi connectivity index (χ2v) is 6.76. The topological polar surface area (TPSA) is 45.1 Å². The van der Waals surface area contributed by atoms with Crippen molar-refractivity contribution in [1.82, 2.24) is 10.3 Å². The van der Waals surface area contributed by atoms with Crippen LogP contribution in [0.4, 0.5) is 0 Å². The molecule has 26 heavy (non-hydrogen) atoms. The summed E-state index contributed by atoms with van der Waals surface area (Å²) in [7, 11) is 0. The summed E-state index contributed by atoms with van der Waals surface area (Å²) in [6.07, 6.45) is 7.63. The quantitative estimate of drug-likeness (QED) is 0.715. The number of pyridine rings is 1. The molecule has 0 aliphatic carbocycles. The zero-order chi connectivity index (χ0) is 17.9. The number of nitrogens with one attached hydrogen (secondary N) is 1. The van der Waals surface area contributed by atoms with Crippen LogP contribution in [-0.2, 0) is 6.42 Å². The number of aliphatic hydroxyl groups is 1. The van der Waals surface area contributed by atoms with Gasteiger partial charge in [-0.25, -0.2) is 0 Å². The molecule has 2 heterocycles. The van der Waals surface area contributed by atoms with E-state index in [-0.39, 0.29) is 0 Å². The lowest BCUT2D eigenvalue weighted by Crippen LogP contribution is -2.12. The number of nitrogens with zero attached hydrogens (tertiary/aromatic N) is 1. The molecule has 0 saturated carbocycles. The van der Waals surface area contributed by atoms with Gasteiger partial charge in [0.1, 0.15) is 6.10 Å². The molecule has 0 spiro atoms. The van der Waals surface area contributed by atoms with Gasteiger partial charge in [-0.3, -0.25) is 4.98 Å². The molecule has 2 N–H and O–H groups in total. The predicted octanol–water partition coefficient (Wildman–Crippen LogP) is 4.56. The Morgan fingerprint density at radius 2 is 2.00 bits per heavy atom. The van der Waals surface area contributed by atoms with Gasteiger partial charge >= 0.3 is 0 Å². The molecule has 1 aliphatic heterocycles. The maximum absolute atomic E-state index is 10.7. The maximum Gasteiger partial charge on any atom is 0.104 e. The highest BCUT2D eigenvalue weighted by Gasteiger charge is 2.15. The van der Waals surface area contributed by atoms with E-state index in [4.69, 9.17) is 11.6 Å². The van der Waals surface area contributed by atoms with E-state index in [1.807, 2.05) is 60.9 Å². The third kappa shape index (κ3) is 3.36. The second-order valence-electron chi connectivity index (χ2n) is 6.38. The molecular weight excluding hydrogens is 344 g/mol. The molecule has 1 aromatic heterocycles. The minimum atomic E-state index is -0.674. The number of aliphatic hydroxyl groups excluding tert-OH is 1. The Morgan fingerprint density at radius 3 is 2.77 bits per heavy atom. The van der Waals surface area contributed by atoms with Crippen LogP contribution in [0.25, 0.3) is 10.9 Å². The van der Waals surface area contributed by atoms with Crippen molar-refractivity contribution >= 4 is 22.5 Å². The van der Waals surface area contributed by atoms with E-state index in [1.54, 1.807) is 0 Å². The largest absolute Gasteiger partial charge is 0.387 e. The zero-order valence-corrected chi connectivity index (χ0v) is 14.9. The van der Waals surface area contributed by atoms with Gasteiger partial charge in [0, 0.05) is 24.5 Å². The molecule has 1 atom stereocenters. The van der Waals surface area contributed by atoms with Crippen LogP contribution in [0.5, 0.6) is 0 Å². The summed E-state index contributed by atoms with van der Waals surface area (Å²) in [6.45, 7) is 0.722. The highest BCUT2D eigenvalue weighted by molar-refractivity contribution is 6.36. The number of hydrogen-bond acceptors (Lipinski definition) is 3. The van der Waals surface area contributed by atoms with Crippen molar-refractivity contribution in [2.24, 2.45) is 0 Å². The fourth-order valence-corrected chi connectivity index (χ4v) is 3.46. The van der Waals surface area contributed by atoms with Gasteiger partial charge in [-0.1, -0.05) is 54.1 Å². The average Bonchev–Trinajstić information content (AvgIpc) is 2.71. The normalized spacial score (nSPS) is 14.8. The number of rotatable bonds is 4. The van der Waals surface area contributed by atoms with Gasteiger partial charge < -0.3 is 10.4 Å². The van der Waals surface area contributed by atoms with Crippen LogP contribution < -0.4 is 5.32 Å². The fraction of sp³-hybridized carbons (Fsp3) is 0.136. The number of fused-ring (bicyclic) bond motifs is 1. The molecule has 0 amide bonds. The first-order chi connectivity index (χ1) is 12.7. The lowest BCUT2D eigenvalue weighted by atomic mass is 9.97. The molecule has 2 aromatic carbocycles. The Labute approximate surface area is 157 Å². The van der Waals surface area contributed by atoms with Gasteiger partial charge in [-0.15, -0.1) is 0 Å². The first-order valence-corrected chi connectivity index (χ1v) is 8.99. The van der Waals surface area contributed by atoms with Crippen molar-refractivity contribution in [3.05, 3.63) is 100 Å². The van der Waals surface area contributed by atoms with Crippen LogP contribution in [0.1, 0.15) is 22.8 Å².